The number of nitrogens with one attached hydrogen (secondary N) is 1. The number of alkyl halides is 3. The number of halogens is 3. The van der Waals surface area contributed by atoms with E-state index in [9.17, 15) is 18.0 Å². The van der Waals surface area contributed by atoms with Crippen molar-refractivity contribution in [1.29, 1.82) is 0 Å². The number of benzene rings is 1. The topological polar surface area (TPSA) is 56.1 Å². The maximum absolute atomic E-state index is 12.4. The van der Waals surface area contributed by atoms with E-state index >= 15 is 0 Å². The van der Waals surface area contributed by atoms with Crippen molar-refractivity contribution in [3.8, 4) is 5.75 Å². The molecule has 0 radical (unpaired) electrons. The van der Waals surface area contributed by atoms with Gasteiger partial charge in [-0.1, -0.05) is 12.1 Å². The molecule has 5 nitrogen and oxygen atoms in total. The second-order valence-electron chi connectivity index (χ2n) is 5.59. The molecule has 1 unspecified atom stereocenters. The predicted octanol–water partition coefficient (Wildman–Crippen LogP) is 2.98. The van der Waals surface area contributed by atoms with Gasteiger partial charge in [0.25, 0.3) is 0 Å². The van der Waals surface area contributed by atoms with E-state index in [1.165, 1.54) is 18.2 Å². The van der Waals surface area contributed by atoms with Crippen LogP contribution in [0.4, 0.5) is 13.2 Å². The Morgan fingerprint density at radius 2 is 2.21 bits per heavy atom. The molecular weight excluding hydrogens is 323 g/mol. The minimum atomic E-state index is -4.73. The lowest BCUT2D eigenvalue weighted by molar-refractivity contribution is -0.274. The molecule has 1 amide bonds. The van der Waals surface area contributed by atoms with Gasteiger partial charge in [-0.05, 0) is 36.6 Å². The summed E-state index contributed by atoms with van der Waals surface area (Å²) in [6.07, 6.45) is -1.47. The number of carbonyl (C=O) groups is 1. The van der Waals surface area contributed by atoms with Gasteiger partial charge in [0.1, 0.15) is 5.75 Å². The highest BCUT2D eigenvalue weighted by atomic mass is 19.4. The summed E-state index contributed by atoms with van der Waals surface area (Å²) in [6.45, 7) is 0.932. The van der Waals surface area contributed by atoms with Gasteiger partial charge in [0.15, 0.2) is 0 Å². The molecule has 2 heterocycles. The highest BCUT2D eigenvalue weighted by Crippen LogP contribution is 2.27. The van der Waals surface area contributed by atoms with Crippen molar-refractivity contribution in [1.82, 2.24) is 15.1 Å². The number of amides is 1. The van der Waals surface area contributed by atoms with Crippen LogP contribution >= 0.6 is 0 Å². The van der Waals surface area contributed by atoms with Crippen LogP contribution in [-0.4, -0.2) is 22.1 Å². The van der Waals surface area contributed by atoms with E-state index in [4.69, 9.17) is 0 Å². The molecule has 0 spiro atoms. The second kappa shape index (κ2) is 6.54. The van der Waals surface area contributed by atoms with E-state index in [1.54, 1.807) is 12.3 Å². The predicted molar refractivity (Wildman–Crippen MR) is 79.2 cm³/mol. The first-order chi connectivity index (χ1) is 11.4. The Balaban J connectivity index is 1.62. The minimum absolute atomic E-state index is 0.137. The summed E-state index contributed by atoms with van der Waals surface area (Å²) in [7, 11) is 0. The summed E-state index contributed by atoms with van der Waals surface area (Å²) >= 11 is 0. The van der Waals surface area contributed by atoms with Crippen molar-refractivity contribution in [3.63, 3.8) is 0 Å². The fraction of sp³-hybridized carbons (Fsp3) is 0.375. The SMILES string of the molecule is O=C(NCc1cccc(OC(F)(F)F)c1)C1CCCn2nccc21. The Labute approximate surface area is 136 Å². The lowest BCUT2D eigenvalue weighted by Crippen LogP contribution is -2.32. The molecule has 0 fully saturated rings. The highest BCUT2D eigenvalue weighted by Gasteiger charge is 2.31. The van der Waals surface area contributed by atoms with E-state index < -0.39 is 6.36 Å². The Bertz CT molecular complexity index is 727. The second-order valence-corrected chi connectivity index (χ2v) is 5.59. The third-order valence-electron chi connectivity index (χ3n) is 3.88. The molecule has 0 saturated heterocycles. The zero-order chi connectivity index (χ0) is 17.2. The monoisotopic (exact) mass is 339 g/mol. The first kappa shape index (κ1) is 16.4. The van der Waals surface area contributed by atoms with Gasteiger partial charge in [0.2, 0.25) is 5.91 Å². The van der Waals surface area contributed by atoms with Gasteiger partial charge in [-0.25, -0.2) is 0 Å². The third-order valence-corrected chi connectivity index (χ3v) is 3.88. The van der Waals surface area contributed by atoms with Crippen LogP contribution in [0.2, 0.25) is 0 Å². The zero-order valence-corrected chi connectivity index (χ0v) is 12.7. The lowest BCUT2D eigenvalue weighted by Gasteiger charge is -2.23. The average Bonchev–Trinajstić information content (AvgIpc) is 2.99. The van der Waals surface area contributed by atoms with E-state index in [-0.39, 0.29) is 24.1 Å². The molecule has 128 valence electrons. The largest absolute Gasteiger partial charge is 0.573 e. The Morgan fingerprint density at radius 1 is 1.38 bits per heavy atom. The molecule has 2 aromatic rings. The number of fused-ring (bicyclic) bond motifs is 1. The van der Waals surface area contributed by atoms with Crippen molar-refractivity contribution < 1.29 is 22.7 Å². The summed E-state index contributed by atoms with van der Waals surface area (Å²) in [5.74, 6) is -0.737. The first-order valence-electron chi connectivity index (χ1n) is 7.56. The van der Waals surface area contributed by atoms with Crippen molar-refractivity contribution >= 4 is 5.91 Å². The smallest absolute Gasteiger partial charge is 0.406 e. The molecule has 3 rings (SSSR count). The van der Waals surface area contributed by atoms with Gasteiger partial charge in [0, 0.05) is 19.3 Å². The number of aromatic nitrogens is 2. The van der Waals surface area contributed by atoms with E-state index in [1.807, 2.05) is 10.7 Å². The zero-order valence-electron chi connectivity index (χ0n) is 12.7. The normalized spacial score (nSPS) is 17.2. The fourth-order valence-corrected chi connectivity index (χ4v) is 2.85. The summed E-state index contributed by atoms with van der Waals surface area (Å²) in [5.41, 5.74) is 1.40. The number of aryl methyl sites for hydroxylation is 1. The highest BCUT2D eigenvalue weighted by molar-refractivity contribution is 5.83. The van der Waals surface area contributed by atoms with Crippen molar-refractivity contribution in [2.45, 2.75) is 38.2 Å². The van der Waals surface area contributed by atoms with Crippen LogP contribution in [0.1, 0.15) is 30.0 Å². The quantitative estimate of drug-likeness (QED) is 0.932. The van der Waals surface area contributed by atoms with Gasteiger partial charge in [0.05, 0.1) is 11.6 Å². The van der Waals surface area contributed by atoms with Gasteiger partial charge >= 0.3 is 6.36 Å². The van der Waals surface area contributed by atoms with Crippen LogP contribution in [-0.2, 0) is 17.9 Å². The van der Waals surface area contributed by atoms with Gasteiger partial charge in [-0.15, -0.1) is 13.2 Å². The number of hydrogen-bond acceptors (Lipinski definition) is 3. The number of nitrogens with zero attached hydrogens (tertiary/aromatic N) is 2. The molecule has 1 N–H and O–H groups in total. The lowest BCUT2D eigenvalue weighted by atomic mass is 9.95. The maximum atomic E-state index is 12.4. The van der Waals surface area contributed by atoms with Crippen LogP contribution in [0.3, 0.4) is 0 Å². The molecule has 0 bridgehead atoms. The van der Waals surface area contributed by atoms with Gasteiger partial charge in [-0.3, -0.25) is 9.48 Å². The fourth-order valence-electron chi connectivity index (χ4n) is 2.85. The summed E-state index contributed by atoms with van der Waals surface area (Å²) in [4.78, 5) is 12.4. The number of rotatable bonds is 4. The molecule has 1 atom stereocenters. The maximum Gasteiger partial charge on any atom is 0.573 e. The molecule has 1 aromatic heterocycles. The van der Waals surface area contributed by atoms with E-state index in [0.29, 0.717) is 5.56 Å². The molecule has 1 aliphatic heterocycles. The van der Waals surface area contributed by atoms with Crippen LogP contribution in [0.15, 0.2) is 36.5 Å². The molecular formula is C16H16F3N3O2. The summed E-state index contributed by atoms with van der Waals surface area (Å²) in [5, 5.41) is 6.94. The van der Waals surface area contributed by atoms with Crippen LogP contribution in [0.25, 0.3) is 0 Å². The number of carbonyl (C=O) groups excluding carboxylic acids is 1. The molecule has 1 aliphatic rings. The Kier molecular flexibility index (Phi) is 4.46. The van der Waals surface area contributed by atoms with E-state index in [0.717, 1.165) is 25.1 Å². The number of ether oxygens (including phenoxy) is 1. The first-order valence-corrected chi connectivity index (χ1v) is 7.56. The average molecular weight is 339 g/mol. The van der Waals surface area contributed by atoms with Crippen LogP contribution < -0.4 is 10.1 Å². The molecule has 24 heavy (non-hydrogen) atoms. The molecule has 0 saturated carbocycles. The standard InChI is InChI=1S/C16H16F3N3O2/c17-16(18,19)24-12-4-1-3-11(9-12)10-20-15(23)13-5-2-8-22-14(13)6-7-21-22/h1,3-4,6-7,9,13H,2,5,8,10H2,(H,20,23). The van der Waals surface area contributed by atoms with Gasteiger partial charge in [-0.2, -0.15) is 5.10 Å². The minimum Gasteiger partial charge on any atom is -0.406 e. The Hall–Kier alpha value is -2.51. The van der Waals surface area contributed by atoms with Crippen molar-refractivity contribution in [2.75, 3.05) is 0 Å². The summed E-state index contributed by atoms with van der Waals surface area (Å²) in [6, 6.07) is 7.39. The Morgan fingerprint density at radius 3 is 3.00 bits per heavy atom. The molecule has 8 heteroatoms. The summed E-state index contributed by atoms with van der Waals surface area (Å²) < 4.78 is 42.4. The van der Waals surface area contributed by atoms with Crippen molar-refractivity contribution in [3.05, 3.63) is 47.8 Å². The molecule has 1 aromatic carbocycles. The van der Waals surface area contributed by atoms with Gasteiger partial charge < -0.3 is 10.1 Å². The molecule has 0 aliphatic carbocycles. The number of hydrogen-bond donors (Lipinski definition) is 1. The van der Waals surface area contributed by atoms with Crippen molar-refractivity contribution in [2.24, 2.45) is 0 Å². The van der Waals surface area contributed by atoms with Crippen LogP contribution in [0.5, 0.6) is 5.75 Å². The van der Waals surface area contributed by atoms with E-state index in [2.05, 4.69) is 15.2 Å². The third kappa shape index (κ3) is 3.87. The van der Waals surface area contributed by atoms with Crippen LogP contribution in [0, 0.1) is 0 Å².